The summed E-state index contributed by atoms with van der Waals surface area (Å²) in [6.45, 7) is 0.560. The number of fused-ring (bicyclic) bond motifs is 35. The van der Waals surface area contributed by atoms with Gasteiger partial charge in [-0.25, -0.2) is 0 Å². The van der Waals surface area contributed by atoms with E-state index in [0.29, 0.717) is 0 Å². The van der Waals surface area contributed by atoms with Gasteiger partial charge in [-0.15, -0.1) is 34.0 Å². The normalized spacial score (nSPS) is 13.4. The van der Waals surface area contributed by atoms with Crippen molar-refractivity contribution in [3.05, 3.63) is 406 Å². The molecule has 0 fully saturated rings. The van der Waals surface area contributed by atoms with Crippen molar-refractivity contribution < 1.29 is 51.8 Å². The molecule has 0 atom stereocenters. The van der Waals surface area contributed by atoms with Crippen molar-refractivity contribution in [3.63, 3.8) is 0 Å². The van der Waals surface area contributed by atoms with Crippen LogP contribution in [-0.4, -0.2) is 33.6 Å². The molecule has 14 heterocycles. The predicted octanol–water partition coefficient (Wildman–Crippen LogP) is 22.7. The van der Waals surface area contributed by atoms with Gasteiger partial charge in [-0.3, -0.25) is 0 Å². The maximum Gasteiger partial charge on any atom is 0.261 e. The second kappa shape index (κ2) is 30.9. The summed E-state index contributed by atoms with van der Waals surface area (Å²) < 4.78 is 76.9. The van der Waals surface area contributed by atoms with E-state index in [1.165, 1.54) is 115 Å². The van der Waals surface area contributed by atoms with Crippen molar-refractivity contribution in [2.75, 3.05) is 0 Å². The van der Waals surface area contributed by atoms with Crippen molar-refractivity contribution in [3.8, 4) is 126 Å². The highest BCUT2D eigenvalue weighted by atomic mass is 32.1. The van der Waals surface area contributed by atoms with E-state index in [2.05, 4.69) is 255 Å². The van der Waals surface area contributed by atoms with E-state index < -0.39 is 0 Å². The largest absolute Gasteiger partial charge is 0.458 e. The average Bonchev–Trinajstić information content (AvgIpc) is 1.70. The monoisotopic (exact) mass is 1830 g/mol. The molecule has 24 aromatic rings. The third-order valence-corrected chi connectivity index (χ3v) is 32.1. The first-order chi connectivity index (χ1) is 68.9. The SMILES string of the molecule is c1ccc(-c2ccc3c(c2)B2c4ccccc4Oc4cccc(c42)O3)cc1.c1ccc2c(c1)Oc1cccc3c1B2c1c(ccc2oc4ccccc4c12)O3.c1ccc2c(c1)Oc1cccc3c1B2c1cc2sc4ccccc4c2cc1O3.c1ccc2c(c1)Oc1cccc3c1B2c1ccc2c(sc4ccccc42)c1O3.c1ccc2c(c1)Oc1cccc3c1B2c1ccc2sc4ccccc4c2c1O3. The number of benzene rings is 20. The van der Waals surface area contributed by atoms with Crippen LogP contribution < -0.4 is 129 Å². The second-order valence-corrected chi connectivity index (χ2v) is 39.4. The molecule has 0 saturated carbocycles. The van der Waals surface area contributed by atoms with Crippen molar-refractivity contribution >= 4 is 232 Å². The molecule has 0 unspecified atom stereocenters. The van der Waals surface area contributed by atoms with Crippen LogP contribution in [0.5, 0.6) is 115 Å². The maximum absolute atomic E-state index is 6.55. The molecule has 0 N–H and O–H groups in total. The molecule has 11 nitrogen and oxygen atoms in total. The minimum absolute atomic E-state index is 0.0459. The highest BCUT2D eigenvalue weighted by Crippen LogP contribution is 2.49. The van der Waals surface area contributed by atoms with Gasteiger partial charge < -0.3 is 51.8 Å². The van der Waals surface area contributed by atoms with Crippen LogP contribution in [-0.2, 0) is 0 Å². The molecule has 19 heteroatoms. The quantitative estimate of drug-likeness (QED) is 0.147. The molecule has 4 aromatic heterocycles. The fourth-order valence-electron chi connectivity index (χ4n) is 22.7. The van der Waals surface area contributed by atoms with E-state index in [1.807, 2.05) is 186 Å². The molecule has 139 heavy (non-hydrogen) atoms. The molecule has 0 amide bonds. The van der Waals surface area contributed by atoms with Gasteiger partial charge in [0.1, 0.15) is 126 Å². The summed E-state index contributed by atoms with van der Waals surface area (Å²) >= 11 is 5.48. The van der Waals surface area contributed by atoms with Crippen LogP contribution in [0.15, 0.2) is 411 Å². The Kier molecular flexibility index (Phi) is 17.4. The maximum atomic E-state index is 6.55. The smallest absolute Gasteiger partial charge is 0.261 e. The average molecular weight is 1840 g/mol. The van der Waals surface area contributed by atoms with Crippen LogP contribution in [0.25, 0.3) is 93.6 Å². The highest BCUT2D eigenvalue weighted by Gasteiger charge is 2.47. The third kappa shape index (κ3) is 12.2. The minimum atomic E-state index is 0.0459. The predicted molar refractivity (Wildman–Crippen MR) is 572 cm³/mol. The molecule has 0 spiro atoms. The molecule has 646 valence electrons. The molecule has 20 aromatic carbocycles. The summed E-state index contributed by atoms with van der Waals surface area (Å²) in [4.78, 5) is 0. The number of hydrogen-bond acceptors (Lipinski definition) is 14. The van der Waals surface area contributed by atoms with Gasteiger partial charge in [0.15, 0.2) is 0 Å². The molecule has 10 aliphatic rings. The van der Waals surface area contributed by atoms with Gasteiger partial charge in [0, 0.05) is 93.9 Å². The van der Waals surface area contributed by atoms with E-state index in [9.17, 15) is 0 Å². The number of rotatable bonds is 1. The first-order valence-corrected chi connectivity index (χ1v) is 49.2. The highest BCUT2D eigenvalue weighted by molar-refractivity contribution is 7.27. The molecule has 34 rings (SSSR count). The molecule has 0 bridgehead atoms. The van der Waals surface area contributed by atoms with Gasteiger partial charge in [0.25, 0.3) is 33.6 Å². The van der Waals surface area contributed by atoms with Crippen LogP contribution >= 0.6 is 34.0 Å². The van der Waals surface area contributed by atoms with E-state index in [4.69, 9.17) is 51.8 Å². The summed E-state index contributed by atoms with van der Waals surface area (Å²) in [5, 5.41) is 9.83. The molecule has 0 saturated heterocycles. The van der Waals surface area contributed by atoms with Crippen LogP contribution in [0.1, 0.15) is 0 Å². The Morgan fingerprint density at radius 3 is 1.06 bits per heavy atom. The van der Waals surface area contributed by atoms with Crippen LogP contribution in [0, 0.1) is 0 Å². The zero-order chi connectivity index (χ0) is 90.8. The van der Waals surface area contributed by atoms with Crippen LogP contribution in [0.2, 0.25) is 0 Å². The number of hydrogen-bond donors (Lipinski definition) is 0. The standard InChI is InChI=1S/C24H13BO3.3C24H13BO2S.C24H15BO2/c1-3-8-16-14(6-1)22-18(26-16)12-13-21-24(22)25-15-7-2-4-9-17(15)27-19-10-5-11-20(28-21)23(19)25;1-4-11-22-14(6-1)15-12-21-17(13-23(15)28-22)25-16-7-2-3-8-18(16)26-19-9-5-10-20(27-21)24(19)25;1-4-11-21-14(6-1)15-12-13-17-23(24(15)28-21)27-20-10-5-9-19-22(20)25(17)16-7-2-3-8-18(16)26-19;1-4-11-20-14(6-1)22-21(28-20)13-12-16-24(22)27-19-10-5-9-18-23(19)25(16)15-7-2-3-8-17(15)26-18;1-2-7-16(8-3-1)17-13-14-21-19(15-17)25-18-9-4-5-10-20(18)26-22-11-6-12-23(27-21)24(22)25/h4*1-13H;1-15H. The van der Waals surface area contributed by atoms with E-state index >= 15 is 0 Å². The Labute approximate surface area is 810 Å². The Morgan fingerprint density at radius 2 is 0.518 bits per heavy atom. The third-order valence-electron chi connectivity index (χ3n) is 28.7. The van der Waals surface area contributed by atoms with E-state index in [0.717, 1.165) is 175 Å². The van der Waals surface area contributed by atoms with E-state index in [1.54, 1.807) is 0 Å². The number of para-hydroxylation sites is 6. The first-order valence-electron chi connectivity index (χ1n) is 46.7. The van der Waals surface area contributed by atoms with Gasteiger partial charge in [-0.1, -0.05) is 255 Å². The lowest BCUT2D eigenvalue weighted by Crippen LogP contribution is -2.57. The van der Waals surface area contributed by atoms with Gasteiger partial charge >= 0.3 is 0 Å². The van der Waals surface area contributed by atoms with E-state index in [-0.39, 0.29) is 33.6 Å². The Balaban J connectivity index is 0.0000000819. The van der Waals surface area contributed by atoms with Crippen LogP contribution in [0.4, 0.5) is 0 Å². The molecule has 0 radical (unpaired) electrons. The fourth-order valence-corrected chi connectivity index (χ4v) is 26.2. The summed E-state index contributed by atoms with van der Waals surface area (Å²) in [5.41, 5.74) is 21.7. The van der Waals surface area contributed by atoms with Crippen LogP contribution in [0.3, 0.4) is 0 Å². The lowest BCUT2D eigenvalue weighted by molar-refractivity contribution is 0.464. The second-order valence-electron chi connectivity index (χ2n) is 36.2. The molecular weight excluding hydrogens is 1770 g/mol. The van der Waals surface area contributed by atoms with Gasteiger partial charge in [-0.2, -0.15) is 0 Å². The van der Waals surface area contributed by atoms with Gasteiger partial charge in [0.05, 0.1) is 4.70 Å². The summed E-state index contributed by atoms with van der Waals surface area (Å²) in [5.74, 6) is 18.2. The minimum Gasteiger partial charge on any atom is -0.458 e. The van der Waals surface area contributed by atoms with Gasteiger partial charge in [-0.05, 0) is 217 Å². The first kappa shape index (κ1) is 78.5. The summed E-state index contributed by atoms with van der Waals surface area (Å²) in [7, 11) is 0. The van der Waals surface area contributed by atoms with Crippen molar-refractivity contribution in [2.45, 2.75) is 0 Å². The zero-order valence-corrected chi connectivity index (χ0v) is 76.2. The lowest BCUT2D eigenvalue weighted by Gasteiger charge is -2.33. The van der Waals surface area contributed by atoms with Gasteiger partial charge in [0.2, 0.25) is 0 Å². The number of ether oxygens (including phenoxy) is 10. The van der Waals surface area contributed by atoms with Crippen molar-refractivity contribution in [2.24, 2.45) is 0 Å². The molecule has 10 aliphatic heterocycles. The summed E-state index contributed by atoms with van der Waals surface area (Å²) in [6.07, 6.45) is 0. The molecular formula is C120H67B5O11S3. The summed E-state index contributed by atoms with van der Waals surface area (Å²) in [6, 6.07) is 140. The molecule has 0 aliphatic carbocycles. The fraction of sp³-hybridized carbons (Fsp3) is 0. The number of thiophene rings is 3. The Morgan fingerprint density at radius 1 is 0.158 bits per heavy atom. The Hall–Kier alpha value is -16.8. The Bertz CT molecular complexity index is 9290. The number of furan rings is 1. The zero-order valence-electron chi connectivity index (χ0n) is 73.8. The topological polar surface area (TPSA) is 105 Å². The van der Waals surface area contributed by atoms with Crippen molar-refractivity contribution in [1.29, 1.82) is 0 Å². The van der Waals surface area contributed by atoms with Crippen molar-refractivity contribution in [1.82, 2.24) is 0 Å². The lowest BCUT2D eigenvalue weighted by atomic mass is 9.34.